The highest BCUT2D eigenvalue weighted by molar-refractivity contribution is 5.26. The number of aliphatic hydroxyl groups is 1. The van der Waals surface area contributed by atoms with Gasteiger partial charge in [0.05, 0.1) is 6.10 Å². The van der Waals surface area contributed by atoms with Crippen LogP contribution in [0, 0.1) is 34.5 Å². The number of hydrogen-bond acceptors (Lipinski definition) is 1. The summed E-state index contributed by atoms with van der Waals surface area (Å²) in [7, 11) is 0. The standard InChI is InChI=1S/C23H36O/c1-5-15(2)19-8-9-20-18-7-6-16-14-17(24)10-12-22(16,3)21(18)11-13-23(19,20)4/h5-6,17-21,24H,7-14H2,1-4H3/b15-5+/t17-,18?,19+,20?,21?,22?,23?/m0/s1. The van der Waals surface area contributed by atoms with E-state index in [9.17, 15) is 5.11 Å². The van der Waals surface area contributed by atoms with Crippen LogP contribution >= 0.6 is 0 Å². The fourth-order valence-electron chi connectivity index (χ4n) is 7.59. The van der Waals surface area contributed by atoms with Crippen molar-refractivity contribution in [2.75, 3.05) is 0 Å². The number of hydrogen-bond donors (Lipinski definition) is 1. The van der Waals surface area contributed by atoms with Crippen LogP contribution in [0.3, 0.4) is 0 Å². The van der Waals surface area contributed by atoms with Crippen molar-refractivity contribution in [3.63, 3.8) is 0 Å². The molecule has 0 aromatic carbocycles. The molecule has 4 rings (SSSR count). The predicted molar refractivity (Wildman–Crippen MR) is 101 cm³/mol. The molecular weight excluding hydrogens is 292 g/mol. The minimum absolute atomic E-state index is 0.0806. The molecule has 5 unspecified atom stereocenters. The maximum Gasteiger partial charge on any atom is 0.0577 e. The lowest BCUT2D eigenvalue weighted by Gasteiger charge is -2.58. The summed E-state index contributed by atoms with van der Waals surface area (Å²) < 4.78 is 0. The van der Waals surface area contributed by atoms with Crippen LogP contribution in [0.15, 0.2) is 23.3 Å². The van der Waals surface area contributed by atoms with Gasteiger partial charge in [-0.1, -0.05) is 37.1 Å². The summed E-state index contributed by atoms with van der Waals surface area (Å²) in [6.45, 7) is 9.74. The minimum Gasteiger partial charge on any atom is -0.393 e. The molecular formula is C23H36O. The van der Waals surface area contributed by atoms with Crippen molar-refractivity contribution in [1.29, 1.82) is 0 Å². The third-order valence-electron chi connectivity index (χ3n) is 9.08. The van der Waals surface area contributed by atoms with E-state index >= 15 is 0 Å². The molecule has 1 N–H and O–H groups in total. The fraction of sp³-hybridized carbons (Fsp3) is 0.826. The lowest BCUT2D eigenvalue weighted by Crippen LogP contribution is -2.50. The highest BCUT2D eigenvalue weighted by Crippen LogP contribution is 2.67. The zero-order chi connectivity index (χ0) is 17.1. The smallest absolute Gasteiger partial charge is 0.0577 e. The van der Waals surface area contributed by atoms with Crippen LogP contribution in [0.2, 0.25) is 0 Å². The van der Waals surface area contributed by atoms with Gasteiger partial charge in [-0.05, 0) is 99.7 Å². The normalized spacial score (nSPS) is 51.5. The van der Waals surface area contributed by atoms with Gasteiger partial charge in [-0.15, -0.1) is 0 Å². The summed E-state index contributed by atoms with van der Waals surface area (Å²) in [5, 5.41) is 10.1. The number of rotatable bonds is 1. The Balaban J connectivity index is 1.65. The Kier molecular flexibility index (Phi) is 4.03. The van der Waals surface area contributed by atoms with E-state index in [1.807, 2.05) is 0 Å². The van der Waals surface area contributed by atoms with E-state index in [0.29, 0.717) is 10.8 Å². The second-order valence-electron chi connectivity index (χ2n) is 9.86. The Labute approximate surface area is 148 Å². The molecule has 0 saturated heterocycles. The van der Waals surface area contributed by atoms with Crippen molar-refractivity contribution in [2.24, 2.45) is 34.5 Å². The number of aliphatic hydroxyl groups excluding tert-OH is 1. The van der Waals surface area contributed by atoms with Gasteiger partial charge in [0, 0.05) is 0 Å². The highest BCUT2D eigenvalue weighted by Gasteiger charge is 2.58. The molecule has 0 aromatic heterocycles. The Hall–Kier alpha value is -0.560. The zero-order valence-electron chi connectivity index (χ0n) is 16.1. The first-order valence-corrected chi connectivity index (χ1v) is 10.4. The predicted octanol–water partition coefficient (Wildman–Crippen LogP) is 5.89. The lowest BCUT2D eigenvalue weighted by molar-refractivity contribution is -0.0454. The average Bonchev–Trinajstić information content (AvgIpc) is 2.92. The van der Waals surface area contributed by atoms with Crippen LogP contribution in [0.25, 0.3) is 0 Å². The molecule has 0 bridgehead atoms. The average molecular weight is 329 g/mol. The summed E-state index contributed by atoms with van der Waals surface area (Å²) in [6.07, 6.45) is 15.0. The van der Waals surface area contributed by atoms with E-state index < -0.39 is 0 Å². The van der Waals surface area contributed by atoms with Crippen molar-refractivity contribution < 1.29 is 5.11 Å². The molecule has 0 spiro atoms. The molecule has 0 amide bonds. The molecule has 1 nitrogen and oxygen atoms in total. The Morgan fingerprint density at radius 1 is 1.12 bits per heavy atom. The van der Waals surface area contributed by atoms with Crippen molar-refractivity contribution in [3.8, 4) is 0 Å². The van der Waals surface area contributed by atoms with E-state index in [2.05, 4.69) is 39.8 Å². The molecule has 0 aliphatic heterocycles. The van der Waals surface area contributed by atoms with Crippen molar-refractivity contribution in [3.05, 3.63) is 23.3 Å². The van der Waals surface area contributed by atoms with Gasteiger partial charge in [-0.3, -0.25) is 0 Å². The van der Waals surface area contributed by atoms with Crippen molar-refractivity contribution in [1.82, 2.24) is 0 Å². The molecule has 24 heavy (non-hydrogen) atoms. The van der Waals surface area contributed by atoms with Crippen LogP contribution in [0.5, 0.6) is 0 Å². The van der Waals surface area contributed by atoms with E-state index in [1.165, 1.54) is 38.5 Å². The quantitative estimate of drug-likeness (QED) is 0.595. The molecule has 0 radical (unpaired) electrons. The summed E-state index contributed by atoms with van der Waals surface area (Å²) in [4.78, 5) is 0. The second kappa shape index (κ2) is 5.73. The third-order valence-corrected chi connectivity index (χ3v) is 9.08. The molecule has 4 aliphatic rings. The third kappa shape index (κ3) is 2.23. The minimum atomic E-state index is -0.0806. The van der Waals surface area contributed by atoms with Gasteiger partial charge in [0.1, 0.15) is 0 Å². The molecule has 1 heteroatoms. The van der Waals surface area contributed by atoms with E-state index in [-0.39, 0.29) is 6.10 Å². The van der Waals surface area contributed by atoms with Crippen molar-refractivity contribution >= 4 is 0 Å². The first-order chi connectivity index (χ1) is 11.4. The topological polar surface area (TPSA) is 20.2 Å². The largest absolute Gasteiger partial charge is 0.393 e. The van der Waals surface area contributed by atoms with E-state index in [0.717, 1.165) is 36.5 Å². The maximum absolute atomic E-state index is 10.1. The van der Waals surface area contributed by atoms with E-state index in [1.54, 1.807) is 11.1 Å². The van der Waals surface area contributed by atoms with Crippen LogP contribution in [-0.4, -0.2) is 11.2 Å². The second-order valence-corrected chi connectivity index (χ2v) is 9.86. The van der Waals surface area contributed by atoms with Crippen molar-refractivity contribution in [2.45, 2.75) is 85.2 Å². The first kappa shape index (κ1) is 16.9. The van der Waals surface area contributed by atoms with Crippen LogP contribution in [-0.2, 0) is 0 Å². The molecule has 4 aliphatic carbocycles. The maximum atomic E-state index is 10.1. The fourth-order valence-corrected chi connectivity index (χ4v) is 7.59. The number of allylic oxidation sites excluding steroid dienone is 3. The zero-order valence-corrected chi connectivity index (χ0v) is 16.1. The Bertz CT molecular complexity index is 573. The van der Waals surface area contributed by atoms with Gasteiger partial charge >= 0.3 is 0 Å². The van der Waals surface area contributed by atoms with Gasteiger partial charge in [0.2, 0.25) is 0 Å². The van der Waals surface area contributed by atoms with Crippen LogP contribution in [0.4, 0.5) is 0 Å². The summed E-state index contributed by atoms with van der Waals surface area (Å²) in [6, 6.07) is 0. The molecule has 0 heterocycles. The lowest BCUT2D eigenvalue weighted by atomic mass is 9.47. The first-order valence-electron chi connectivity index (χ1n) is 10.4. The Morgan fingerprint density at radius 2 is 1.92 bits per heavy atom. The summed E-state index contributed by atoms with van der Waals surface area (Å²) >= 11 is 0. The summed E-state index contributed by atoms with van der Waals surface area (Å²) in [5.41, 5.74) is 4.16. The highest BCUT2D eigenvalue weighted by atomic mass is 16.3. The summed E-state index contributed by atoms with van der Waals surface area (Å²) in [5.74, 6) is 3.49. The van der Waals surface area contributed by atoms with Gasteiger partial charge in [0.25, 0.3) is 0 Å². The molecule has 134 valence electrons. The van der Waals surface area contributed by atoms with Gasteiger partial charge in [-0.2, -0.15) is 0 Å². The molecule has 3 fully saturated rings. The van der Waals surface area contributed by atoms with Gasteiger partial charge in [0.15, 0.2) is 0 Å². The molecule has 7 atom stereocenters. The van der Waals surface area contributed by atoms with Crippen LogP contribution in [0.1, 0.15) is 79.1 Å². The SMILES string of the molecule is C/C=C(\C)[C@H]1CCC2C3CC=C4C[C@@H](O)CCC4(C)C3CCC21C. The number of fused-ring (bicyclic) bond motifs is 5. The van der Waals surface area contributed by atoms with Crippen LogP contribution < -0.4 is 0 Å². The van der Waals surface area contributed by atoms with E-state index in [4.69, 9.17) is 0 Å². The molecule has 3 saturated carbocycles. The van der Waals surface area contributed by atoms with Gasteiger partial charge in [-0.25, -0.2) is 0 Å². The molecule has 0 aromatic rings. The van der Waals surface area contributed by atoms with Gasteiger partial charge < -0.3 is 5.11 Å². The monoisotopic (exact) mass is 328 g/mol. The Morgan fingerprint density at radius 3 is 2.67 bits per heavy atom.